The van der Waals surface area contributed by atoms with Crippen LogP contribution in [0.4, 0.5) is 18.0 Å². The van der Waals surface area contributed by atoms with E-state index in [1.165, 1.54) is 4.90 Å². The van der Waals surface area contributed by atoms with Gasteiger partial charge in [0.25, 0.3) is 0 Å². The molecule has 5 nitrogen and oxygen atoms in total. The molecule has 0 aromatic rings. The van der Waals surface area contributed by atoms with Crippen LogP contribution in [0, 0.1) is 0 Å². The maximum absolute atomic E-state index is 12.2. The molecule has 2 atom stereocenters. The van der Waals surface area contributed by atoms with E-state index in [9.17, 15) is 18.0 Å². The van der Waals surface area contributed by atoms with Crippen LogP contribution in [-0.4, -0.2) is 60.5 Å². The lowest BCUT2D eigenvalue weighted by Gasteiger charge is -2.18. The minimum Gasteiger partial charge on any atom is -0.393 e. The predicted molar refractivity (Wildman–Crippen MR) is 63.7 cm³/mol. The molecule has 0 radical (unpaired) electrons. The molecular weight excluding hydrogens is 263 g/mol. The number of carbonyl (C=O) groups excluding carboxylic acids is 1. The second-order valence-corrected chi connectivity index (χ2v) is 4.87. The molecule has 3 N–H and O–H groups in total. The van der Waals surface area contributed by atoms with Gasteiger partial charge in [-0.1, -0.05) is 0 Å². The standard InChI is InChI=1S/C11H20F3N3O2/c1-8(18)2-4-15-10(19)16-9-3-5-17(6-9)7-11(12,13)14/h8-9,18H,2-7H2,1H3,(H2,15,16,19). The first-order valence-corrected chi connectivity index (χ1v) is 6.28. The number of likely N-dealkylation sites (tertiary alicyclic amines) is 1. The van der Waals surface area contributed by atoms with Crippen molar-refractivity contribution in [2.45, 2.75) is 38.1 Å². The molecule has 0 aromatic heterocycles. The fourth-order valence-electron chi connectivity index (χ4n) is 1.98. The fourth-order valence-corrected chi connectivity index (χ4v) is 1.98. The highest BCUT2D eigenvalue weighted by molar-refractivity contribution is 5.74. The first-order chi connectivity index (χ1) is 8.76. The van der Waals surface area contributed by atoms with Crippen molar-refractivity contribution in [3.05, 3.63) is 0 Å². The Hall–Kier alpha value is -1.02. The summed E-state index contributed by atoms with van der Waals surface area (Å²) < 4.78 is 36.5. The van der Waals surface area contributed by atoms with Gasteiger partial charge in [0, 0.05) is 25.7 Å². The van der Waals surface area contributed by atoms with E-state index in [2.05, 4.69) is 10.6 Å². The molecule has 19 heavy (non-hydrogen) atoms. The summed E-state index contributed by atoms with van der Waals surface area (Å²) in [6.45, 7) is 1.56. The third-order valence-corrected chi connectivity index (χ3v) is 2.86. The maximum Gasteiger partial charge on any atom is 0.401 e. The summed E-state index contributed by atoms with van der Waals surface area (Å²) in [7, 11) is 0. The number of rotatable bonds is 5. The Morgan fingerprint density at radius 3 is 2.79 bits per heavy atom. The van der Waals surface area contributed by atoms with E-state index in [4.69, 9.17) is 5.11 Å². The van der Waals surface area contributed by atoms with Crippen LogP contribution in [-0.2, 0) is 0 Å². The minimum absolute atomic E-state index is 0.212. The van der Waals surface area contributed by atoms with Crippen LogP contribution in [0.25, 0.3) is 0 Å². The Morgan fingerprint density at radius 1 is 1.53 bits per heavy atom. The fraction of sp³-hybridized carbons (Fsp3) is 0.909. The van der Waals surface area contributed by atoms with E-state index >= 15 is 0 Å². The smallest absolute Gasteiger partial charge is 0.393 e. The van der Waals surface area contributed by atoms with Crippen molar-refractivity contribution < 1.29 is 23.1 Å². The molecule has 1 rings (SSSR count). The number of hydrogen-bond donors (Lipinski definition) is 3. The van der Waals surface area contributed by atoms with Gasteiger partial charge in [-0.05, 0) is 19.8 Å². The van der Waals surface area contributed by atoms with Crippen molar-refractivity contribution in [1.29, 1.82) is 0 Å². The number of hydrogen-bond acceptors (Lipinski definition) is 3. The number of aliphatic hydroxyl groups is 1. The quantitative estimate of drug-likeness (QED) is 0.695. The lowest BCUT2D eigenvalue weighted by Crippen LogP contribution is -2.44. The number of aliphatic hydroxyl groups excluding tert-OH is 1. The molecule has 0 aromatic carbocycles. The lowest BCUT2D eigenvalue weighted by molar-refractivity contribution is -0.143. The van der Waals surface area contributed by atoms with E-state index in [0.29, 0.717) is 25.9 Å². The Labute approximate surface area is 110 Å². The first kappa shape index (κ1) is 16.0. The monoisotopic (exact) mass is 283 g/mol. The van der Waals surface area contributed by atoms with E-state index in [1.807, 2.05) is 0 Å². The highest BCUT2D eigenvalue weighted by Gasteiger charge is 2.34. The van der Waals surface area contributed by atoms with Gasteiger partial charge in [-0.25, -0.2) is 4.79 Å². The van der Waals surface area contributed by atoms with Crippen molar-refractivity contribution in [2.24, 2.45) is 0 Å². The zero-order chi connectivity index (χ0) is 14.5. The van der Waals surface area contributed by atoms with Crippen LogP contribution in [0.15, 0.2) is 0 Å². The van der Waals surface area contributed by atoms with Crippen LogP contribution in [0.1, 0.15) is 19.8 Å². The highest BCUT2D eigenvalue weighted by atomic mass is 19.4. The molecule has 1 aliphatic heterocycles. The number of nitrogens with one attached hydrogen (secondary N) is 2. The van der Waals surface area contributed by atoms with Gasteiger partial charge in [0.15, 0.2) is 0 Å². The predicted octanol–water partition coefficient (Wildman–Crippen LogP) is 0.693. The molecule has 1 aliphatic rings. The van der Waals surface area contributed by atoms with Gasteiger partial charge in [-0.3, -0.25) is 4.90 Å². The number of carbonyl (C=O) groups is 1. The van der Waals surface area contributed by atoms with Crippen LogP contribution < -0.4 is 10.6 Å². The third kappa shape index (κ3) is 7.22. The normalized spacial score (nSPS) is 22.3. The van der Waals surface area contributed by atoms with Gasteiger partial charge >= 0.3 is 12.2 Å². The molecule has 8 heteroatoms. The largest absolute Gasteiger partial charge is 0.401 e. The van der Waals surface area contributed by atoms with E-state index in [-0.39, 0.29) is 12.6 Å². The lowest BCUT2D eigenvalue weighted by atomic mass is 10.2. The SMILES string of the molecule is CC(O)CCNC(=O)NC1CCN(CC(F)(F)F)C1. The van der Waals surface area contributed by atoms with Crippen LogP contribution in [0.2, 0.25) is 0 Å². The molecule has 0 spiro atoms. The van der Waals surface area contributed by atoms with Gasteiger partial charge in [0.05, 0.1) is 12.6 Å². The van der Waals surface area contributed by atoms with E-state index in [1.54, 1.807) is 6.92 Å². The summed E-state index contributed by atoms with van der Waals surface area (Å²) in [4.78, 5) is 12.7. The minimum atomic E-state index is -4.20. The summed E-state index contributed by atoms with van der Waals surface area (Å²) >= 11 is 0. The average Bonchev–Trinajstić information content (AvgIpc) is 2.61. The average molecular weight is 283 g/mol. The number of alkyl halides is 3. The number of nitrogens with zero attached hydrogens (tertiary/aromatic N) is 1. The molecule has 2 unspecified atom stereocenters. The van der Waals surface area contributed by atoms with Gasteiger partial charge in [0.1, 0.15) is 0 Å². The third-order valence-electron chi connectivity index (χ3n) is 2.86. The Kier molecular flexibility index (Phi) is 5.86. The molecule has 0 saturated carbocycles. The van der Waals surface area contributed by atoms with Gasteiger partial charge in [0.2, 0.25) is 0 Å². The van der Waals surface area contributed by atoms with Gasteiger partial charge < -0.3 is 15.7 Å². The molecule has 1 fully saturated rings. The molecule has 1 saturated heterocycles. The summed E-state index contributed by atoms with van der Waals surface area (Å²) in [6.07, 6.45) is -3.74. The Morgan fingerprint density at radius 2 is 2.21 bits per heavy atom. The number of urea groups is 1. The second kappa shape index (κ2) is 6.95. The number of halogens is 3. The van der Waals surface area contributed by atoms with Crippen molar-refractivity contribution in [1.82, 2.24) is 15.5 Å². The second-order valence-electron chi connectivity index (χ2n) is 4.87. The molecule has 0 bridgehead atoms. The summed E-state index contributed by atoms with van der Waals surface area (Å²) in [5.41, 5.74) is 0. The molecule has 1 heterocycles. The van der Waals surface area contributed by atoms with Crippen molar-refractivity contribution >= 4 is 6.03 Å². The van der Waals surface area contributed by atoms with E-state index in [0.717, 1.165) is 0 Å². The maximum atomic E-state index is 12.2. The molecular formula is C11H20F3N3O2. The van der Waals surface area contributed by atoms with Crippen LogP contribution in [0.5, 0.6) is 0 Å². The first-order valence-electron chi connectivity index (χ1n) is 6.28. The zero-order valence-electron chi connectivity index (χ0n) is 10.8. The summed E-state index contributed by atoms with van der Waals surface area (Å²) in [5, 5.41) is 14.2. The zero-order valence-corrected chi connectivity index (χ0v) is 10.8. The van der Waals surface area contributed by atoms with Crippen molar-refractivity contribution in [3.8, 4) is 0 Å². The van der Waals surface area contributed by atoms with Crippen LogP contribution in [0.3, 0.4) is 0 Å². The molecule has 2 amide bonds. The highest BCUT2D eigenvalue weighted by Crippen LogP contribution is 2.19. The Bertz CT molecular complexity index is 297. The Balaban J connectivity index is 2.19. The topological polar surface area (TPSA) is 64.6 Å². The number of amides is 2. The van der Waals surface area contributed by atoms with Crippen molar-refractivity contribution in [3.63, 3.8) is 0 Å². The summed E-state index contributed by atoms with van der Waals surface area (Å²) in [6, 6.07) is -0.659. The molecule has 0 aliphatic carbocycles. The van der Waals surface area contributed by atoms with Gasteiger partial charge in [-0.2, -0.15) is 13.2 Å². The van der Waals surface area contributed by atoms with E-state index < -0.39 is 24.9 Å². The van der Waals surface area contributed by atoms with Crippen LogP contribution >= 0.6 is 0 Å². The molecule has 112 valence electrons. The van der Waals surface area contributed by atoms with Crippen molar-refractivity contribution in [2.75, 3.05) is 26.2 Å². The van der Waals surface area contributed by atoms with Gasteiger partial charge in [-0.15, -0.1) is 0 Å². The summed E-state index contributed by atoms with van der Waals surface area (Å²) in [5.74, 6) is 0.